The first-order valence-electron chi connectivity index (χ1n) is 6.81. The molecular formula is C16H21NO2. The fourth-order valence-electron chi connectivity index (χ4n) is 2.71. The maximum atomic E-state index is 12.5. The summed E-state index contributed by atoms with van der Waals surface area (Å²) in [6.45, 7) is 8.45. The minimum atomic E-state index is -0.0806. The van der Waals surface area contributed by atoms with Gasteiger partial charge in [0.15, 0.2) is 0 Å². The van der Waals surface area contributed by atoms with Crippen molar-refractivity contribution < 1.29 is 9.59 Å². The molecule has 1 heterocycles. The highest BCUT2D eigenvalue weighted by Gasteiger charge is 2.37. The summed E-state index contributed by atoms with van der Waals surface area (Å²) in [5, 5.41) is 0. The molecule has 0 aromatic heterocycles. The average Bonchev–Trinajstić information content (AvgIpc) is 2.53. The zero-order chi connectivity index (χ0) is 14.2. The first-order chi connectivity index (χ1) is 8.90. The maximum absolute atomic E-state index is 12.5. The molecule has 1 unspecified atom stereocenters. The second-order valence-electron chi connectivity index (χ2n) is 5.86. The molecule has 0 fully saturated rings. The minimum Gasteiger partial charge on any atom is -0.331 e. The van der Waals surface area contributed by atoms with Crippen molar-refractivity contribution in [2.24, 2.45) is 5.92 Å². The molecule has 102 valence electrons. The molecule has 0 radical (unpaired) electrons. The van der Waals surface area contributed by atoms with E-state index in [4.69, 9.17) is 0 Å². The lowest BCUT2D eigenvalue weighted by Crippen LogP contribution is -2.32. The summed E-state index contributed by atoms with van der Waals surface area (Å²) < 4.78 is 0. The molecule has 0 saturated heterocycles. The van der Waals surface area contributed by atoms with Gasteiger partial charge in [0.1, 0.15) is 5.78 Å². The number of Topliss-reactive ketones (excluding diaryl/α,β-unsaturated/α-hetero) is 1. The van der Waals surface area contributed by atoms with Gasteiger partial charge in [0.05, 0.1) is 6.04 Å². The summed E-state index contributed by atoms with van der Waals surface area (Å²) in [6.07, 6.45) is 0.411. The second-order valence-corrected chi connectivity index (χ2v) is 5.86. The number of nitrogens with zero attached hydrogens (tertiary/aromatic N) is 1. The van der Waals surface area contributed by atoms with Crippen molar-refractivity contribution in [3.8, 4) is 0 Å². The molecule has 0 spiro atoms. The highest BCUT2D eigenvalue weighted by molar-refractivity contribution is 6.00. The summed E-state index contributed by atoms with van der Waals surface area (Å²) >= 11 is 0. The van der Waals surface area contributed by atoms with E-state index < -0.39 is 0 Å². The average molecular weight is 259 g/mol. The summed E-state index contributed by atoms with van der Waals surface area (Å²) in [5.74, 6) is 0.590. The van der Waals surface area contributed by atoms with Gasteiger partial charge < -0.3 is 4.90 Å². The molecular weight excluding hydrogens is 238 g/mol. The van der Waals surface area contributed by atoms with Gasteiger partial charge in [0, 0.05) is 18.5 Å². The fourth-order valence-corrected chi connectivity index (χ4v) is 2.71. The lowest BCUT2D eigenvalue weighted by Gasteiger charge is -2.26. The van der Waals surface area contributed by atoms with Crippen LogP contribution in [-0.2, 0) is 4.79 Å². The largest absolute Gasteiger partial charge is 0.331 e. The number of amides is 1. The molecule has 1 atom stereocenters. The van der Waals surface area contributed by atoms with Crippen LogP contribution in [0.4, 0.5) is 0 Å². The Bertz CT molecular complexity index is 519. The van der Waals surface area contributed by atoms with Crippen molar-refractivity contribution in [1.82, 2.24) is 4.90 Å². The molecule has 2 rings (SSSR count). The van der Waals surface area contributed by atoms with Crippen LogP contribution in [-0.4, -0.2) is 23.1 Å². The van der Waals surface area contributed by atoms with Gasteiger partial charge in [-0.15, -0.1) is 0 Å². The highest BCUT2D eigenvalue weighted by Crippen LogP contribution is 2.36. The number of rotatable bonds is 4. The third kappa shape index (κ3) is 2.70. The lowest BCUT2D eigenvalue weighted by molar-refractivity contribution is -0.118. The Kier molecular flexibility index (Phi) is 3.74. The summed E-state index contributed by atoms with van der Waals surface area (Å²) in [4.78, 5) is 25.8. The number of benzene rings is 1. The van der Waals surface area contributed by atoms with E-state index in [1.807, 2.05) is 30.0 Å². The van der Waals surface area contributed by atoms with E-state index >= 15 is 0 Å². The Morgan fingerprint density at radius 1 is 1.37 bits per heavy atom. The van der Waals surface area contributed by atoms with Crippen LogP contribution in [0.2, 0.25) is 0 Å². The summed E-state index contributed by atoms with van der Waals surface area (Å²) in [5.41, 5.74) is 2.86. The van der Waals surface area contributed by atoms with Gasteiger partial charge >= 0.3 is 0 Å². The first-order valence-corrected chi connectivity index (χ1v) is 6.81. The normalized spacial score (nSPS) is 18.1. The van der Waals surface area contributed by atoms with E-state index in [0.717, 1.165) is 16.7 Å². The SMILES string of the molecule is CC(=O)CC1c2ccc(C)cc2C(=O)N1CC(C)C. The highest BCUT2D eigenvalue weighted by atomic mass is 16.2. The third-order valence-electron chi connectivity index (χ3n) is 3.48. The Hall–Kier alpha value is -1.64. The molecule has 1 aromatic carbocycles. The van der Waals surface area contributed by atoms with Crippen LogP contribution in [0.1, 0.15) is 54.7 Å². The van der Waals surface area contributed by atoms with E-state index in [2.05, 4.69) is 13.8 Å². The van der Waals surface area contributed by atoms with Gasteiger partial charge in [0.2, 0.25) is 0 Å². The monoisotopic (exact) mass is 259 g/mol. The Labute approximate surface area is 114 Å². The molecule has 3 heteroatoms. The van der Waals surface area contributed by atoms with Gasteiger partial charge in [0.25, 0.3) is 5.91 Å². The topological polar surface area (TPSA) is 37.4 Å². The van der Waals surface area contributed by atoms with E-state index in [1.54, 1.807) is 6.92 Å². The molecule has 1 amide bonds. The molecule has 1 aromatic rings. The van der Waals surface area contributed by atoms with Crippen molar-refractivity contribution in [2.45, 2.75) is 40.2 Å². The Balaban J connectivity index is 2.41. The van der Waals surface area contributed by atoms with Crippen LogP contribution in [0.15, 0.2) is 18.2 Å². The molecule has 0 saturated carbocycles. The number of hydrogen-bond acceptors (Lipinski definition) is 2. The summed E-state index contributed by atoms with van der Waals surface area (Å²) in [6, 6.07) is 5.86. The molecule has 0 bridgehead atoms. The molecule has 19 heavy (non-hydrogen) atoms. The van der Waals surface area contributed by atoms with Crippen molar-refractivity contribution >= 4 is 11.7 Å². The van der Waals surface area contributed by atoms with Gasteiger partial charge in [-0.3, -0.25) is 9.59 Å². The molecule has 1 aliphatic rings. The maximum Gasteiger partial charge on any atom is 0.254 e. The van der Waals surface area contributed by atoms with Crippen LogP contribution in [0.5, 0.6) is 0 Å². The molecule has 0 aliphatic carbocycles. The van der Waals surface area contributed by atoms with Crippen molar-refractivity contribution in [3.05, 3.63) is 34.9 Å². The quantitative estimate of drug-likeness (QED) is 0.833. The molecule has 0 N–H and O–H groups in total. The van der Waals surface area contributed by atoms with Gasteiger partial charge in [-0.25, -0.2) is 0 Å². The van der Waals surface area contributed by atoms with Crippen LogP contribution in [0.25, 0.3) is 0 Å². The van der Waals surface area contributed by atoms with E-state index in [0.29, 0.717) is 18.9 Å². The van der Waals surface area contributed by atoms with Crippen LogP contribution >= 0.6 is 0 Å². The van der Waals surface area contributed by atoms with E-state index in [-0.39, 0.29) is 17.7 Å². The number of carbonyl (C=O) groups is 2. The van der Waals surface area contributed by atoms with Crippen molar-refractivity contribution in [2.75, 3.05) is 6.54 Å². The zero-order valence-corrected chi connectivity index (χ0v) is 12.1. The fraction of sp³-hybridized carbons (Fsp3) is 0.500. The smallest absolute Gasteiger partial charge is 0.254 e. The van der Waals surface area contributed by atoms with Crippen LogP contribution in [0.3, 0.4) is 0 Å². The van der Waals surface area contributed by atoms with Crippen LogP contribution < -0.4 is 0 Å². The van der Waals surface area contributed by atoms with Gasteiger partial charge in [-0.2, -0.15) is 0 Å². The first kappa shape index (κ1) is 13.8. The number of fused-ring (bicyclic) bond motifs is 1. The van der Waals surface area contributed by atoms with Crippen molar-refractivity contribution in [1.29, 1.82) is 0 Å². The summed E-state index contributed by atoms with van der Waals surface area (Å²) in [7, 11) is 0. The van der Waals surface area contributed by atoms with E-state index in [9.17, 15) is 9.59 Å². The third-order valence-corrected chi connectivity index (χ3v) is 3.48. The Morgan fingerprint density at radius 3 is 2.63 bits per heavy atom. The van der Waals surface area contributed by atoms with Crippen molar-refractivity contribution in [3.63, 3.8) is 0 Å². The molecule has 1 aliphatic heterocycles. The number of carbonyl (C=O) groups excluding carboxylic acids is 2. The van der Waals surface area contributed by atoms with Gasteiger partial charge in [-0.05, 0) is 31.4 Å². The predicted octanol–water partition coefficient (Wildman–Crippen LogP) is 3.13. The van der Waals surface area contributed by atoms with Crippen LogP contribution in [0, 0.1) is 12.8 Å². The number of hydrogen-bond donors (Lipinski definition) is 0. The second kappa shape index (κ2) is 5.16. The zero-order valence-electron chi connectivity index (χ0n) is 12.1. The minimum absolute atomic E-state index is 0.0682. The Morgan fingerprint density at radius 2 is 2.05 bits per heavy atom. The standard InChI is InChI=1S/C16H21NO2/c1-10(2)9-17-15(8-12(4)18)13-6-5-11(3)7-14(13)16(17)19/h5-7,10,15H,8-9H2,1-4H3. The number of aryl methyl sites for hydroxylation is 1. The number of ketones is 1. The van der Waals surface area contributed by atoms with Gasteiger partial charge in [-0.1, -0.05) is 31.5 Å². The van der Waals surface area contributed by atoms with E-state index in [1.165, 1.54) is 0 Å². The lowest BCUT2D eigenvalue weighted by atomic mass is 9.99. The molecule has 3 nitrogen and oxygen atoms in total. The predicted molar refractivity (Wildman–Crippen MR) is 75.1 cm³/mol.